The van der Waals surface area contributed by atoms with Crippen LogP contribution in [0, 0.1) is 11.8 Å². The molecule has 1 aliphatic heterocycles. The summed E-state index contributed by atoms with van der Waals surface area (Å²) in [5, 5.41) is 6.76. The molecule has 0 radical (unpaired) electrons. The Morgan fingerprint density at radius 1 is 1.25 bits per heavy atom. The molecule has 4 nitrogen and oxygen atoms in total. The van der Waals surface area contributed by atoms with Crippen molar-refractivity contribution in [2.75, 3.05) is 26.2 Å². The van der Waals surface area contributed by atoms with Gasteiger partial charge in [0.2, 0.25) is 0 Å². The van der Waals surface area contributed by atoms with Crippen LogP contribution in [0.4, 0.5) is 0 Å². The van der Waals surface area contributed by atoms with Crippen molar-refractivity contribution in [1.82, 2.24) is 10.6 Å². The van der Waals surface area contributed by atoms with Gasteiger partial charge in [-0.25, -0.2) is 0 Å². The Hall–Kier alpha value is -0.820. The number of nitrogens with one attached hydrogen (secondary N) is 2. The zero-order chi connectivity index (χ0) is 16.5. The van der Waals surface area contributed by atoms with E-state index in [-0.39, 0.29) is 30.1 Å². The van der Waals surface area contributed by atoms with Gasteiger partial charge in [0.1, 0.15) is 0 Å². The van der Waals surface area contributed by atoms with Crippen LogP contribution in [-0.2, 0) is 4.74 Å². The SMILES string of the molecule is CCNC(=NCC1CCOC1c1ccccc1)NCCC(C)C.I. The standard InChI is InChI=1S/C19H31N3O.HI/c1-4-20-19(21-12-10-15(2)3)22-14-17-11-13-23-18(17)16-8-6-5-7-9-16;/h5-9,15,17-18H,4,10-14H2,1-3H3,(H2,20,21,22);1H. The molecule has 5 heteroatoms. The van der Waals surface area contributed by atoms with E-state index in [0.29, 0.717) is 11.8 Å². The van der Waals surface area contributed by atoms with E-state index in [2.05, 4.69) is 55.7 Å². The third-order valence-electron chi connectivity index (χ3n) is 4.18. The molecule has 0 amide bonds. The molecule has 1 aromatic carbocycles. The van der Waals surface area contributed by atoms with Crippen LogP contribution in [0.3, 0.4) is 0 Å². The lowest BCUT2D eigenvalue weighted by Crippen LogP contribution is -2.38. The fourth-order valence-electron chi connectivity index (χ4n) is 2.86. The molecule has 2 atom stereocenters. The highest BCUT2D eigenvalue weighted by Crippen LogP contribution is 2.34. The van der Waals surface area contributed by atoms with Crippen molar-refractivity contribution in [3.8, 4) is 0 Å². The second-order valence-corrected chi connectivity index (χ2v) is 6.58. The van der Waals surface area contributed by atoms with Crippen molar-refractivity contribution >= 4 is 29.9 Å². The molecule has 136 valence electrons. The molecule has 2 rings (SSSR count). The van der Waals surface area contributed by atoms with Crippen molar-refractivity contribution in [3.05, 3.63) is 35.9 Å². The molecule has 1 aromatic rings. The molecule has 0 aromatic heterocycles. The lowest BCUT2D eigenvalue weighted by atomic mass is 9.95. The topological polar surface area (TPSA) is 45.7 Å². The second-order valence-electron chi connectivity index (χ2n) is 6.58. The van der Waals surface area contributed by atoms with Crippen LogP contribution in [0.2, 0.25) is 0 Å². The highest BCUT2D eigenvalue weighted by Gasteiger charge is 2.29. The largest absolute Gasteiger partial charge is 0.373 e. The normalized spacial score (nSPS) is 20.8. The van der Waals surface area contributed by atoms with Gasteiger partial charge in [0.25, 0.3) is 0 Å². The van der Waals surface area contributed by atoms with Gasteiger partial charge in [0.15, 0.2) is 5.96 Å². The van der Waals surface area contributed by atoms with E-state index in [9.17, 15) is 0 Å². The number of nitrogens with zero attached hydrogens (tertiary/aromatic N) is 1. The Morgan fingerprint density at radius 2 is 2.00 bits per heavy atom. The smallest absolute Gasteiger partial charge is 0.191 e. The van der Waals surface area contributed by atoms with Crippen molar-refractivity contribution in [2.45, 2.75) is 39.7 Å². The van der Waals surface area contributed by atoms with Crippen LogP contribution in [0.5, 0.6) is 0 Å². The van der Waals surface area contributed by atoms with Crippen molar-refractivity contribution < 1.29 is 4.74 Å². The molecular formula is C19H32IN3O. The van der Waals surface area contributed by atoms with Gasteiger partial charge in [0.05, 0.1) is 6.10 Å². The molecule has 24 heavy (non-hydrogen) atoms. The van der Waals surface area contributed by atoms with E-state index in [1.807, 2.05) is 6.07 Å². The Morgan fingerprint density at radius 3 is 2.67 bits per heavy atom. The number of ether oxygens (including phenoxy) is 1. The molecular weight excluding hydrogens is 413 g/mol. The number of rotatable bonds is 7. The molecule has 2 N–H and O–H groups in total. The lowest BCUT2D eigenvalue weighted by Gasteiger charge is -2.18. The van der Waals surface area contributed by atoms with Crippen LogP contribution >= 0.6 is 24.0 Å². The lowest BCUT2D eigenvalue weighted by molar-refractivity contribution is 0.0925. The summed E-state index contributed by atoms with van der Waals surface area (Å²) in [4.78, 5) is 4.78. The zero-order valence-electron chi connectivity index (χ0n) is 15.1. The van der Waals surface area contributed by atoms with E-state index in [0.717, 1.165) is 45.0 Å². The minimum Gasteiger partial charge on any atom is -0.373 e. The quantitative estimate of drug-likeness (QED) is 0.379. The summed E-state index contributed by atoms with van der Waals surface area (Å²) in [7, 11) is 0. The highest BCUT2D eigenvalue weighted by molar-refractivity contribution is 14.0. The molecule has 0 spiro atoms. The van der Waals surface area contributed by atoms with Crippen LogP contribution in [-0.4, -0.2) is 32.2 Å². The first-order chi connectivity index (χ1) is 11.2. The van der Waals surface area contributed by atoms with Gasteiger partial charge < -0.3 is 15.4 Å². The highest BCUT2D eigenvalue weighted by atomic mass is 127. The minimum atomic E-state index is 0. The summed E-state index contributed by atoms with van der Waals surface area (Å²) >= 11 is 0. The van der Waals surface area contributed by atoms with Crippen LogP contribution in [0.25, 0.3) is 0 Å². The molecule has 1 fully saturated rings. The maximum absolute atomic E-state index is 5.95. The van der Waals surface area contributed by atoms with E-state index < -0.39 is 0 Å². The number of guanidine groups is 1. The Balaban J connectivity index is 0.00000288. The number of hydrogen-bond acceptors (Lipinski definition) is 2. The first kappa shape index (κ1) is 21.2. The predicted molar refractivity (Wildman–Crippen MR) is 112 cm³/mol. The summed E-state index contributed by atoms with van der Waals surface area (Å²) in [5.74, 6) is 2.08. The van der Waals surface area contributed by atoms with E-state index in [4.69, 9.17) is 9.73 Å². The molecule has 1 saturated heterocycles. The average molecular weight is 445 g/mol. The Labute approximate surface area is 163 Å². The minimum absolute atomic E-state index is 0. The van der Waals surface area contributed by atoms with E-state index in [1.165, 1.54) is 5.56 Å². The number of hydrogen-bond donors (Lipinski definition) is 2. The molecule has 0 aliphatic carbocycles. The van der Waals surface area contributed by atoms with Crippen LogP contribution < -0.4 is 10.6 Å². The molecule has 0 bridgehead atoms. The predicted octanol–water partition coefficient (Wildman–Crippen LogP) is 3.98. The van der Waals surface area contributed by atoms with Crippen molar-refractivity contribution in [3.63, 3.8) is 0 Å². The van der Waals surface area contributed by atoms with Gasteiger partial charge in [-0.05, 0) is 31.2 Å². The first-order valence-electron chi connectivity index (χ1n) is 8.89. The van der Waals surface area contributed by atoms with E-state index >= 15 is 0 Å². The number of halogens is 1. The zero-order valence-corrected chi connectivity index (χ0v) is 17.5. The summed E-state index contributed by atoms with van der Waals surface area (Å²) in [6, 6.07) is 10.5. The molecule has 1 heterocycles. The molecule has 0 saturated carbocycles. The fraction of sp³-hybridized carbons (Fsp3) is 0.632. The van der Waals surface area contributed by atoms with Crippen molar-refractivity contribution in [1.29, 1.82) is 0 Å². The Bertz CT molecular complexity index is 479. The fourth-order valence-corrected chi connectivity index (χ4v) is 2.86. The van der Waals surface area contributed by atoms with Gasteiger partial charge in [-0.1, -0.05) is 44.2 Å². The van der Waals surface area contributed by atoms with Gasteiger partial charge in [0, 0.05) is 32.2 Å². The third kappa shape index (κ3) is 6.97. The van der Waals surface area contributed by atoms with Crippen LogP contribution in [0.1, 0.15) is 45.3 Å². The monoisotopic (exact) mass is 445 g/mol. The maximum Gasteiger partial charge on any atom is 0.191 e. The summed E-state index contributed by atoms with van der Waals surface area (Å²) in [6.07, 6.45) is 2.41. The van der Waals surface area contributed by atoms with E-state index in [1.54, 1.807) is 0 Å². The number of aliphatic imine (C=N–C) groups is 1. The summed E-state index contributed by atoms with van der Waals surface area (Å²) in [5.41, 5.74) is 1.27. The summed E-state index contributed by atoms with van der Waals surface area (Å²) in [6.45, 7) is 10.1. The summed E-state index contributed by atoms with van der Waals surface area (Å²) < 4.78 is 5.95. The van der Waals surface area contributed by atoms with Gasteiger partial charge in [-0.3, -0.25) is 4.99 Å². The van der Waals surface area contributed by atoms with Crippen LogP contribution in [0.15, 0.2) is 35.3 Å². The molecule has 2 unspecified atom stereocenters. The van der Waals surface area contributed by atoms with Crippen molar-refractivity contribution in [2.24, 2.45) is 16.8 Å². The van der Waals surface area contributed by atoms with Gasteiger partial charge in [-0.2, -0.15) is 0 Å². The third-order valence-corrected chi connectivity index (χ3v) is 4.18. The Kier molecular flexibility index (Phi) is 10.3. The molecule has 1 aliphatic rings. The average Bonchev–Trinajstić information content (AvgIpc) is 3.01. The van der Waals surface area contributed by atoms with Gasteiger partial charge in [-0.15, -0.1) is 24.0 Å². The second kappa shape index (κ2) is 11.7. The maximum atomic E-state index is 5.95. The first-order valence-corrected chi connectivity index (χ1v) is 8.89. The number of benzene rings is 1. The van der Waals surface area contributed by atoms with Gasteiger partial charge >= 0.3 is 0 Å².